The number of hydrogen-bond acceptors (Lipinski definition) is 5. The second-order valence-electron chi connectivity index (χ2n) is 4.95. The molecule has 0 saturated carbocycles. The van der Waals surface area contributed by atoms with Gasteiger partial charge in [-0.2, -0.15) is 0 Å². The molecular weight excluding hydrogens is 308 g/mol. The average Bonchev–Trinajstić information content (AvgIpc) is 2.65. The molecule has 0 spiro atoms. The lowest BCUT2D eigenvalue weighted by Crippen LogP contribution is -2.04. The molecule has 2 rings (SSSR count). The highest BCUT2D eigenvalue weighted by Gasteiger charge is 2.19. The van der Waals surface area contributed by atoms with Crippen LogP contribution in [0.4, 0.5) is 0 Å². The van der Waals surface area contributed by atoms with Gasteiger partial charge in [-0.25, -0.2) is 0 Å². The Morgan fingerprint density at radius 1 is 0.833 bits per heavy atom. The number of ketones is 1. The summed E-state index contributed by atoms with van der Waals surface area (Å²) >= 11 is 0. The van der Waals surface area contributed by atoms with Crippen LogP contribution in [0.1, 0.15) is 15.9 Å². The maximum atomic E-state index is 12.8. The van der Waals surface area contributed by atoms with Crippen molar-refractivity contribution in [2.24, 2.45) is 0 Å². The third-order valence-electron chi connectivity index (χ3n) is 3.62. The highest BCUT2D eigenvalue weighted by Crippen LogP contribution is 2.39. The molecule has 0 heterocycles. The molecule has 0 atom stereocenters. The Labute approximate surface area is 141 Å². The molecule has 2 aromatic rings. The Morgan fingerprint density at radius 2 is 1.46 bits per heavy atom. The number of methoxy groups -OCH3 is 4. The minimum absolute atomic E-state index is 0.234. The SMILES string of the molecule is C=C(C(=O)c1cc(OC)c(OC)c(OC)c1)c1cccc(OC)c1. The lowest BCUT2D eigenvalue weighted by Gasteiger charge is -2.14. The first kappa shape index (κ1) is 17.4. The van der Waals surface area contributed by atoms with E-state index >= 15 is 0 Å². The van der Waals surface area contributed by atoms with E-state index in [9.17, 15) is 4.79 Å². The number of ether oxygens (including phenoxy) is 4. The monoisotopic (exact) mass is 328 g/mol. The molecule has 5 nitrogen and oxygen atoms in total. The molecule has 0 aliphatic rings. The minimum Gasteiger partial charge on any atom is -0.497 e. The van der Waals surface area contributed by atoms with Crippen LogP contribution in [0, 0.1) is 0 Å². The van der Waals surface area contributed by atoms with Crippen molar-refractivity contribution >= 4 is 11.4 Å². The number of rotatable bonds is 7. The van der Waals surface area contributed by atoms with Crippen molar-refractivity contribution in [3.8, 4) is 23.0 Å². The van der Waals surface area contributed by atoms with E-state index in [4.69, 9.17) is 18.9 Å². The predicted octanol–water partition coefficient (Wildman–Crippen LogP) is 3.62. The van der Waals surface area contributed by atoms with Crippen LogP contribution in [-0.4, -0.2) is 34.2 Å². The van der Waals surface area contributed by atoms with Crippen LogP contribution in [0.5, 0.6) is 23.0 Å². The summed E-state index contributed by atoms with van der Waals surface area (Å²) in [4.78, 5) is 12.8. The largest absolute Gasteiger partial charge is 0.497 e. The van der Waals surface area contributed by atoms with Crippen molar-refractivity contribution in [2.75, 3.05) is 28.4 Å². The zero-order valence-corrected chi connectivity index (χ0v) is 14.2. The third-order valence-corrected chi connectivity index (χ3v) is 3.62. The van der Waals surface area contributed by atoms with E-state index in [0.29, 0.717) is 39.7 Å². The number of benzene rings is 2. The van der Waals surface area contributed by atoms with Gasteiger partial charge in [0.1, 0.15) is 5.75 Å². The van der Waals surface area contributed by atoms with E-state index in [1.54, 1.807) is 37.4 Å². The molecule has 0 aliphatic carbocycles. The minimum atomic E-state index is -0.234. The average molecular weight is 328 g/mol. The van der Waals surface area contributed by atoms with Crippen LogP contribution >= 0.6 is 0 Å². The van der Waals surface area contributed by atoms with Gasteiger partial charge in [0.2, 0.25) is 5.75 Å². The van der Waals surface area contributed by atoms with Gasteiger partial charge >= 0.3 is 0 Å². The molecule has 0 unspecified atom stereocenters. The lowest BCUT2D eigenvalue weighted by atomic mass is 9.97. The van der Waals surface area contributed by atoms with Crippen molar-refractivity contribution in [3.05, 3.63) is 54.1 Å². The zero-order chi connectivity index (χ0) is 17.7. The van der Waals surface area contributed by atoms with Crippen molar-refractivity contribution in [1.82, 2.24) is 0 Å². The molecule has 0 fully saturated rings. The molecule has 0 saturated heterocycles. The molecule has 126 valence electrons. The van der Waals surface area contributed by atoms with Crippen molar-refractivity contribution in [3.63, 3.8) is 0 Å². The van der Waals surface area contributed by atoms with Crippen LogP contribution in [0.2, 0.25) is 0 Å². The maximum Gasteiger partial charge on any atom is 0.203 e. The quantitative estimate of drug-likeness (QED) is 0.574. The summed E-state index contributed by atoms with van der Waals surface area (Å²) in [6.07, 6.45) is 0. The fourth-order valence-electron chi connectivity index (χ4n) is 2.33. The molecule has 2 aromatic carbocycles. The summed E-state index contributed by atoms with van der Waals surface area (Å²) in [5, 5.41) is 0. The number of hydrogen-bond donors (Lipinski definition) is 0. The molecule has 0 bridgehead atoms. The summed E-state index contributed by atoms with van der Waals surface area (Å²) in [7, 11) is 6.09. The number of carbonyl (C=O) groups is 1. The molecule has 0 radical (unpaired) electrons. The van der Waals surface area contributed by atoms with Gasteiger partial charge in [0, 0.05) is 11.1 Å². The van der Waals surface area contributed by atoms with Crippen LogP contribution in [0.15, 0.2) is 43.0 Å². The fraction of sp³-hybridized carbons (Fsp3) is 0.211. The molecule has 0 N–H and O–H groups in total. The van der Waals surface area contributed by atoms with Gasteiger partial charge in [0.15, 0.2) is 17.3 Å². The first-order valence-corrected chi connectivity index (χ1v) is 7.23. The summed E-state index contributed by atoms with van der Waals surface area (Å²) in [5.74, 6) is 1.69. The molecular formula is C19H20O5. The summed E-state index contributed by atoms with van der Waals surface area (Å²) in [6, 6.07) is 10.4. The highest BCUT2D eigenvalue weighted by molar-refractivity contribution is 6.28. The van der Waals surface area contributed by atoms with Gasteiger partial charge in [-0.1, -0.05) is 18.7 Å². The highest BCUT2D eigenvalue weighted by atomic mass is 16.5. The summed E-state index contributed by atoms with van der Waals surface area (Å²) in [6.45, 7) is 3.91. The van der Waals surface area contributed by atoms with Gasteiger partial charge in [-0.3, -0.25) is 4.79 Å². The van der Waals surface area contributed by atoms with E-state index < -0.39 is 0 Å². The Morgan fingerprint density at radius 3 is 1.96 bits per heavy atom. The van der Waals surface area contributed by atoms with Crippen LogP contribution in [0.25, 0.3) is 5.57 Å². The Hall–Kier alpha value is -2.95. The van der Waals surface area contributed by atoms with E-state index in [1.807, 2.05) is 6.07 Å². The molecule has 0 aromatic heterocycles. The first-order chi connectivity index (χ1) is 11.5. The van der Waals surface area contributed by atoms with Gasteiger partial charge in [0.25, 0.3) is 0 Å². The second kappa shape index (κ2) is 7.55. The van der Waals surface area contributed by atoms with Crippen LogP contribution in [0.3, 0.4) is 0 Å². The standard InChI is InChI=1S/C19H20O5/c1-12(13-7-6-8-15(9-13)21-2)18(20)14-10-16(22-3)19(24-5)17(11-14)23-4/h6-11H,1H2,2-5H3. The van der Waals surface area contributed by atoms with Gasteiger partial charge in [-0.05, 0) is 29.8 Å². The number of Topliss-reactive ketones (excluding diaryl/α,β-unsaturated/α-hetero) is 1. The molecule has 0 amide bonds. The van der Waals surface area contributed by atoms with Gasteiger partial charge in [-0.15, -0.1) is 0 Å². The van der Waals surface area contributed by atoms with Crippen LogP contribution < -0.4 is 18.9 Å². The third kappa shape index (κ3) is 3.35. The smallest absolute Gasteiger partial charge is 0.203 e. The Kier molecular flexibility index (Phi) is 5.47. The summed E-state index contributed by atoms with van der Waals surface area (Å²) in [5.41, 5.74) is 1.44. The van der Waals surface area contributed by atoms with E-state index in [1.165, 1.54) is 21.3 Å². The molecule has 5 heteroatoms. The number of carbonyl (C=O) groups excluding carboxylic acids is 1. The summed E-state index contributed by atoms with van der Waals surface area (Å²) < 4.78 is 21.0. The van der Waals surface area contributed by atoms with E-state index in [-0.39, 0.29) is 5.78 Å². The molecule has 0 aliphatic heterocycles. The zero-order valence-electron chi connectivity index (χ0n) is 14.2. The van der Waals surface area contributed by atoms with Crippen molar-refractivity contribution < 1.29 is 23.7 Å². The van der Waals surface area contributed by atoms with Crippen molar-refractivity contribution in [2.45, 2.75) is 0 Å². The normalized spacial score (nSPS) is 10.0. The Balaban J connectivity index is 2.43. The second-order valence-corrected chi connectivity index (χ2v) is 4.95. The van der Waals surface area contributed by atoms with Crippen LogP contribution in [-0.2, 0) is 0 Å². The lowest BCUT2D eigenvalue weighted by molar-refractivity contribution is 0.105. The van der Waals surface area contributed by atoms with E-state index in [2.05, 4.69) is 6.58 Å². The van der Waals surface area contributed by atoms with Gasteiger partial charge < -0.3 is 18.9 Å². The first-order valence-electron chi connectivity index (χ1n) is 7.23. The fourth-order valence-corrected chi connectivity index (χ4v) is 2.33. The predicted molar refractivity (Wildman–Crippen MR) is 92.5 cm³/mol. The van der Waals surface area contributed by atoms with Crippen molar-refractivity contribution in [1.29, 1.82) is 0 Å². The van der Waals surface area contributed by atoms with Gasteiger partial charge in [0.05, 0.1) is 28.4 Å². The maximum absolute atomic E-state index is 12.8. The molecule has 24 heavy (non-hydrogen) atoms. The Bertz CT molecular complexity index is 739. The topological polar surface area (TPSA) is 54.0 Å². The number of allylic oxidation sites excluding steroid dienone is 1. The van der Waals surface area contributed by atoms with E-state index in [0.717, 1.165) is 0 Å².